The second-order valence-corrected chi connectivity index (χ2v) is 4.51. The minimum Gasteiger partial charge on any atom is -0.466 e. The lowest BCUT2D eigenvalue weighted by atomic mass is 10.2. The highest BCUT2D eigenvalue weighted by molar-refractivity contribution is 7.15. The van der Waals surface area contributed by atoms with Gasteiger partial charge in [-0.05, 0) is 13.8 Å². The van der Waals surface area contributed by atoms with Gasteiger partial charge in [0, 0.05) is 6.20 Å². The topological polar surface area (TPSA) is 65.2 Å². The van der Waals surface area contributed by atoms with Gasteiger partial charge in [0.05, 0.1) is 29.7 Å². The third-order valence-electron chi connectivity index (χ3n) is 2.17. The molecule has 0 aliphatic rings. The summed E-state index contributed by atoms with van der Waals surface area (Å²) in [5.74, 6) is 0.492. The summed E-state index contributed by atoms with van der Waals surface area (Å²) in [6, 6.07) is 0. The molecule has 0 aliphatic heterocycles. The number of carbonyl (C=O) groups excluding carboxylic acids is 1. The molecule has 0 fully saturated rings. The number of nitrogens with zero attached hydrogens (tertiary/aromatic N) is 2. The van der Waals surface area contributed by atoms with E-state index in [1.807, 2.05) is 6.92 Å². The molecule has 5 nitrogen and oxygen atoms in total. The van der Waals surface area contributed by atoms with Crippen molar-refractivity contribution in [3.05, 3.63) is 23.2 Å². The van der Waals surface area contributed by atoms with Crippen molar-refractivity contribution in [2.75, 3.05) is 6.61 Å². The maximum absolute atomic E-state index is 11.3. The zero-order valence-electron chi connectivity index (χ0n) is 9.60. The third-order valence-corrected chi connectivity index (χ3v) is 3.20. The Morgan fingerprint density at radius 2 is 2.35 bits per heavy atom. The number of aryl methyl sites for hydroxylation is 1. The molecule has 17 heavy (non-hydrogen) atoms. The molecule has 0 aromatic carbocycles. The van der Waals surface area contributed by atoms with Crippen LogP contribution in [0.3, 0.4) is 0 Å². The van der Waals surface area contributed by atoms with Crippen LogP contribution in [0.15, 0.2) is 16.9 Å². The van der Waals surface area contributed by atoms with Crippen LogP contribution in [0.5, 0.6) is 0 Å². The van der Waals surface area contributed by atoms with E-state index in [1.165, 1.54) is 11.3 Å². The number of aromatic nitrogens is 2. The van der Waals surface area contributed by atoms with Crippen LogP contribution in [-0.2, 0) is 16.0 Å². The van der Waals surface area contributed by atoms with Gasteiger partial charge in [0.15, 0.2) is 0 Å². The number of esters is 1. The maximum Gasteiger partial charge on any atom is 0.312 e. The van der Waals surface area contributed by atoms with Crippen molar-refractivity contribution in [3.8, 4) is 10.4 Å². The van der Waals surface area contributed by atoms with Gasteiger partial charge in [-0.25, -0.2) is 4.98 Å². The Hall–Kier alpha value is -1.69. The fourth-order valence-electron chi connectivity index (χ4n) is 1.39. The predicted octanol–water partition coefficient (Wildman–Crippen LogP) is 2.21. The Labute approximate surface area is 102 Å². The van der Waals surface area contributed by atoms with Crippen molar-refractivity contribution in [1.29, 1.82) is 0 Å². The molecule has 2 rings (SSSR count). The predicted molar refractivity (Wildman–Crippen MR) is 62.7 cm³/mol. The Kier molecular flexibility index (Phi) is 3.53. The van der Waals surface area contributed by atoms with Gasteiger partial charge in [-0.2, -0.15) is 0 Å². The van der Waals surface area contributed by atoms with Gasteiger partial charge in [0.2, 0.25) is 0 Å². The number of ether oxygens (including phenoxy) is 1. The summed E-state index contributed by atoms with van der Waals surface area (Å²) in [6.07, 6.45) is 3.58. The Bertz CT molecular complexity index is 518. The number of thiazole rings is 1. The van der Waals surface area contributed by atoms with Crippen LogP contribution in [0, 0.1) is 6.92 Å². The van der Waals surface area contributed by atoms with E-state index in [-0.39, 0.29) is 12.4 Å². The quantitative estimate of drug-likeness (QED) is 0.780. The average Bonchev–Trinajstić information content (AvgIpc) is 2.87. The second-order valence-electron chi connectivity index (χ2n) is 3.40. The zero-order valence-corrected chi connectivity index (χ0v) is 10.4. The van der Waals surface area contributed by atoms with Crippen molar-refractivity contribution < 1.29 is 14.1 Å². The number of hydrogen-bond donors (Lipinski definition) is 0. The molecule has 0 aliphatic carbocycles. The van der Waals surface area contributed by atoms with E-state index in [0.29, 0.717) is 6.61 Å². The monoisotopic (exact) mass is 252 g/mol. The van der Waals surface area contributed by atoms with Crippen LogP contribution in [-0.4, -0.2) is 22.7 Å². The standard InChI is InChI=1S/C11H12N2O3S/c1-3-15-11(14)4-10-12-6-9(17-10)8-5-13-16-7(8)2/h5-6H,3-4H2,1-2H3. The van der Waals surface area contributed by atoms with E-state index in [9.17, 15) is 4.79 Å². The zero-order chi connectivity index (χ0) is 12.3. The summed E-state index contributed by atoms with van der Waals surface area (Å²) in [7, 11) is 0. The van der Waals surface area contributed by atoms with Gasteiger partial charge in [0.1, 0.15) is 10.8 Å². The smallest absolute Gasteiger partial charge is 0.312 e. The van der Waals surface area contributed by atoms with Crippen molar-refractivity contribution in [2.24, 2.45) is 0 Å². The van der Waals surface area contributed by atoms with E-state index < -0.39 is 0 Å². The Morgan fingerprint density at radius 3 is 3.00 bits per heavy atom. The largest absolute Gasteiger partial charge is 0.466 e. The van der Waals surface area contributed by atoms with Crippen LogP contribution >= 0.6 is 11.3 Å². The molecule has 0 spiro atoms. The molecule has 0 saturated carbocycles. The molecule has 2 heterocycles. The first-order valence-corrected chi connectivity index (χ1v) is 6.04. The highest BCUT2D eigenvalue weighted by atomic mass is 32.1. The van der Waals surface area contributed by atoms with Crippen molar-refractivity contribution in [2.45, 2.75) is 20.3 Å². The van der Waals surface area contributed by atoms with Crippen LogP contribution in [0.2, 0.25) is 0 Å². The van der Waals surface area contributed by atoms with Crippen LogP contribution in [0.25, 0.3) is 10.4 Å². The second kappa shape index (κ2) is 5.09. The lowest BCUT2D eigenvalue weighted by Gasteiger charge is -1.97. The van der Waals surface area contributed by atoms with E-state index in [2.05, 4.69) is 10.1 Å². The summed E-state index contributed by atoms with van der Waals surface area (Å²) in [5, 5.41) is 4.45. The van der Waals surface area contributed by atoms with Crippen molar-refractivity contribution >= 4 is 17.3 Å². The molecule has 90 valence electrons. The molecular weight excluding hydrogens is 240 g/mol. The first-order valence-electron chi connectivity index (χ1n) is 5.22. The van der Waals surface area contributed by atoms with Gasteiger partial charge in [0.25, 0.3) is 0 Å². The summed E-state index contributed by atoms with van der Waals surface area (Å²) in [5.41, 5.74) is 0.914. The number of carbonyl (C=O) groups is 1. The molecule has 0 N–H and O–H groups in total. The lowest BCUT2D eigenvalue weighted by molar-refractivity contribution is -0.142. The van der Waals surface area contributed by atoms with Crippen LogP contribution in [0.1, 0.15) is 17.7 Å². The molecule has 0 bridgehead atoms. The van der Waals surface area contributed by atoms with Crippen molar-refractivity contribution in [3.63, 3.8) is 0 Å². The van der Waals surface area contributed by atoms with Gasteiger partial charge in [-0.3, -0.25) is 4.79 Å². The maximum atomic E-state index is 11.3. The minimum absolute atomic E-state index is 0.211. The molecule has 2 aromatic heterocycles. The first kappa shape index (κ1) is 11.8. The summed E-state index contributed by atoms with van der Waals surface area (Å²) in [6.45, 7) is 4.01. The first-order chi connectivity index (χ1) is 8.20. The number of hydrogen-bond acceptors (Lipinski definition) is 6. The summed E-state index contributed by atoms with van der Waals surface area (Å²) >= 11 is 1.45. The van der Waals surface area contributed by atoms with Gasteiger partial charge in [-0.1, -0.05) is 5.16 Å². The van der Waals surface area contributed by atoms with Crippen LogP contribution < -0.4 is 0 Å². The van der Waals surface area contributed by atoms with E-state index >= 15 is 0 Å². The van der Waals surface area contributed by atoms with Gasteiger partial charge >= 0.3 is 5.97 Å². The van der Waals surface area contributed by atoms with E-state index in [4.69, 9.17) is 9.26 Å². The molecule has 2 aromatic rings. The Morgan fingerprint density at radius 1 is 1.53 bits per heavy atom. The molecule has 0 radical (unpaired) electrons. The highest BCUT2D eigenvalue weighted by Gasteiger charge is 2.12. The fraction of sp³-hybridized carbons (Fsp3) is 0.364. The molecule has 0 atom stereocenters. The van der Waals surface area contributed by atoms with E-state index in [0.717, 1.165) is 21.2 Å². The average molecular weight is 252 g/mol. The third kappa shape index (κ3) is 2.71. The summed E-state index contributed by atoms with van der Waals surface area (Å²) in [4.78, 5) is 16.4. The van der Waals surface area contributed by atoms with Crippen molar-refractivity contribution in [1.82, 2.24) is 10.1 Å². The fourth-order valence-corrected chi connectivity index (χ4v) is 2.35. The SMILES string of the molecule is CCOC(=O)Cc1ncc(-c2cnoc2C)s1. The molecule has 0 unspecified atom stereocenters. The molecular formula is C11H12N2O3S. The molecule has 0 saturated heterocycles. The van der Waals surface area contributed by atoms with E-state index in [1.54, 1.807) is 19.3 Å². The normalized spacial score (nSPS) is 10.5. The minimum atomic E-state index is -0.254. The lowest BCUT2D eigenvalue weighted by Crippen LogP contribution is -2.06. The number of rotatable bonds is 4. The molecule has 0 amide bonds. The van der Waals surface area contributed by atoms with Gasteiger partial charge in [-0.15, -0.1) is 11.3 Å². The Balaban J connectivity index is 2.11. The van der Waals surface area contributed by atoms with Gasteiger partial charge < -0.3 is 9.26 Å². The highest BCUT2D eigenvalue weighted by Crippen LogP contribution is 2.28. The summed E-state index contributed by atoms with van der Waals surface area (Å²) < 4.78 is 9.85. The van der Waals surface area contributed by atoms with Crippen LogP contribution in [0.4, 0.5) is 0 Å². The molecule has 6 heteroatoms.